The smallest absolute Gasteiger partial charge is 0.142 e. The number of hydrogen-bond donors (Lipinski definition) is 0. The molecule has 14 heavy (non-hydrogen) atoms. The minimum atomic E-state index is 0.156. The van der Waals surface area contributed by atoms with Crippen LogP contribution in [0.1, 0.15) is 12.0 Å². The number of benzene rings is 1. The van der Waals surface area contributed by atoms with Crippen molar-refractivity contribution >= 4 is 33.2 Å². The van der Waals surface area contributed by atoms with E-state index in [9.17, 15) is 0 Å². The molecule has 1 aliphatic heterocycles. The van der Waals surface area contributed by atoms with E-state index in [1.165, 1.54) is 0 Å². The Bertz CT molecular complexity index is 367. The third-order valence-electron chi connectivity index (χ3n) is 2.06. The first-order chi connectivity index (χ1) is 6.79. The monoisotopic (exact) mass is 273 g/mol. The van der Waals surface area contributed by atoms with Gasteiger partial charge in [0, 0.05) is 22.3 Å². The van der Waals surface area contributed by atoms with Gasteiger partial charge in [0.25, 0.3) is 0 Å². The van der Waals surface area contributed by atoms with Crippen LogP contribution in [0.4, 0.5) is 0 Å². The molecule has 0 saturated carbocycles. The summed E-state index contributed by atoms with van der Waals surface area (Å²) >= 11 is 9.25. The molecule has 4 heteroatoms. The molecule has 0 amide bonds. The van der Waals surface area contributed by atoms with Crippen molar-refractivity contribution in [3.05, 3.63) is 34.9 Å². The number of alkyl halides is 1. The van der Waals surface area contributed by atoms with Gasteiger partial charge in [-0.25, -0.2) is 0 Å². The van der Waals surface area contributed by atoms with Crippen LogP contribution in [0.2, 0.25) is 5.02 Å². The van der Waals surface area contributed by atoms with E-state index in [2.05, 4.69) is 21.1 Å². The summed E-state index contributed by atoms with van der Waals surface area (Å²) in [6.07, 6.45) is 0.995. The molecule has 1 unspecified atom stereocenters. The molecule has 2 nitrogen and oxygen atoms in total. The molecule has 1 atom stereocenters. The minimum absolute atomic E-state index is 0.156. The largest absolute Gasteiger partial charge is 0.391 e. The Hall–Kier alpha value is -0.540. The standard InChI is InChI=1S/C10H9BrClNO/c11-6-9-5-10(13-14-9)7-2-1-3-8(12)4-7/h1-4,9H,5-6H2. The maximum absolute atomic E-state index is 5.89. The van der Waals surface area contributed by atoms with Crippen molar-refractivity contribution in [3.63, 3.8) is 0 Å². The predicted molar refractivity (Wildman–Crippen MR) is 61.3 cm³/mol. The van der Waals surface area contributed by atoms with Crippen molar-refractivity contribution in [1.82, 2.24) is 0 Å². The second-order valence-corrected chi connectivity index (χ2v) is 4.22. The fourth-order valence-corrected chi connectivity index (χ4v) is 1.89. The highest BCUT2D eigenvalue weighted by atomic mass is 79.9. The predicted octanol–water partition coefficient (Wildman–Crippen LogP) is 3.23. The highest BCUT2D eigenvalue weighted by molar-refractivity contribution is 9.09. The molecule has 1 heterocycles. The molecule has 0 spiro atoms. The van der Waals surface area contributed by atoms with Gasteiger partial charge in [0.05, 0.1) is 5.71 Å². The van der Waals surface area contributed by atoms with E-state index in [-0.39, 0.29) is 6.10 Å². The van der Waals surface area contributed by atoms with Gasteiger partial charge in [0.15, 0.2) is 0 Å². The van der Waals surface area contributed by atoms with Gasteiger partial charge in [-0.3, -0.25) is 0 Å². The lowest BCUT2D eigenvalue weighted by atomic mass is 10.1. The molecule has 1 aliphatic rings. The summed E-state index contributed by atoms with van der Waals surface area (Å²) < 4.78 is 0. The molecule has 0 N–H and O–H groups in total. The Balaban J connectivity index is 2.17. The summed E-state index contributed by atoms with van der Waals surface area (Å²) in [7, 11) is 0. The molecule has 2 rings (SSSR count). The fraction of sp³-hybridized carbons (Fsp3) is 0.300. The van der Waals surface area contributed by atoms with Crippen molar-refractivity contribution in [1.29, 1.82) is 0 Å². The van der Waals surface area contributed by atoms with Crippen molar-refractivity contribution in [2.75, 3.05) is 5.33 Å². The molecular weight excluding hydrogens is 265 g/mol. The normalized spacial score (nSPS) is 20.4. The SMILES string of the molecule is Clc1cccc(C2=NOC(CBr)C2)c1. The molecule has 0 bridgehead atoms. The van der Waals surface area contributed by atoms with Crippen molar-refractivity contribution in [3.8, 4) is 0 Å². The van der Waals surface area contributed by atoms with Gasteiger partial charge < -0.3 is 4.84 Å². The van der Waals surface area contributed by atoms with Crippen LogP contribution < -0.4 is 0 Å². The Morgan fingerprint density at radius 1 is 1.57 bits per heavy atom. The van der Waals surface area contributed by atoms with Gasteiger partial charge in [-0.05, 0) is 12.1 Å². The van der Waals surface area contributed by atoms with Gasteiger partial charge in [0.1, 0.15) is 6.10 Å². The first-order valence-corrected chi connectivity index (χ1v) is 5.84. The summed E-state index contributed by atoms with van der Waals surface area (Å²) in [5.74, 6) is 0. The first-order valence-electron chi connectivity index (χ1n) is 4.34. The van der Waals surface area contributed by atoms with E-state index in [1.807, 2.05) is 24.3 Å². The zero-order valence-electron chi connectivity index (χ0n) is 7.41. The second-order valence-electron chi connectivity index (χ2n) is 3.13. The maximum Gasteiger partial charge on any atom is 0.142 e. The summed E-state index contributed by atoms with van der Waals surface area (Å²) in [4.78, 5) is 5.21. The lowest BCUT2D eigenvalue weighted by Gasteiger charge is -2.01. The highest BCUT2D eigenvalue weighted by Crippen LogP contribution is 2.20. The van der Waals surface area contributed by atoms with E-state index in [4.69, 9.17) is 16.4 Å². The third-order valence-corrected chi connectivity index (χ3v) is 3.02. The molecular formula is C10H9BrClNO. The number of rotatable bonds is 2. The minimum Gasteiger partial charge on any atom is -0.391 e. The average molecular weight is 275 g/mol. The van der Waals surface area contributed by atoms with E-state index in [0.29, 0.717) is 0 Å². The van der Waals surface area contributed by atoms with E-state index in [1.54, 1.807) is 0 Å². The lowest BCUT2D eigenvalue weighted by Crippen LogP contribution is -2.09. The fourth-order valence-electron chi connectivity index (χ4n) is 1.35. The summed E-state index contributed by atoms with van der Waals surface area (Å²) in [6.45, 7) is 0. The Labute approximate surface area is 96.0 Å². The van der Waals surface area contributed by atoms with Crippen LogP contribution in [-0.4, -0.2) is 17.1 Å². The molecule has 1 aromatic carbocycles. The Kier molecular flexibility index (Phi) is 3.08. The molecule has 1 aromatic rings. The number of oxime groups is 1. The van der Waals surface area contributed by atoms with Crippen LogP contribution >= 0.6 is 27.5 Å². The van der Waals surface area contributed by atoms with E-state index >= 15 is 0 Å². The van der Waals surface area contributed by atoms with Crippen molar-refractivity contribution < 1.29 is 4.84 Å². The first kappa shape index (κ1) is 9.99. The zero-order valence-corrected chi connectivity index (χ0v) is 9.75. The van der Waals surface area contributed by atoms with Crippen LogP contribution in [0.25, 0.3) is 0 Å². The molecule has 0 aliphatic carbocycles. The van der Waals surface area contributed by atoms with E-state index in [0.717, 1.165) is 28.0 Å². The van der Waals surface area contributed by atoms with Gasteiger partial charge in [-0.2, -0.15) is 0 Å². The summed E-state index contributed by atoms with van der Waals surface area (Å²) in [5.41, 5.74) is 2.01. The molecule has 74 valence electrons. The lowest BCUT2D eigenvalue weighted by molar-refractivity contribution is 0.104. The van der Waals surface area contributed by atoms with Gasteiger partial charge >= 0.3 is 0 Å². The van der Waals surface area contributed by atoms with Gasteiger partial charge in [-0.15, -0.1) is 0 Å². The number of halogens is 2. The summed E-state index contributed by atoms with van der Waals surface area (Å²) in [5, 5.41) is 5.56. The third kappa shape index (κ3) is 2.10. The topological polar surface area (TPSA) is 21.6 Å². The van der Waals surface area contributed by atoms with Gasteiger partial charge in [-0.1, -0.05) is 44.8 Å². The molecule has 0 fully saturated rings. The maximum atomic E-state index is 5.89. The van der Waals surface area contributed by atoms with Crippen LogP contribution in [-0.2, 0) is 4.84 Å². The Morgan fingerprint density at radius 2 is 2.43 bits per heavy atom. The van der Waals surface area contributed by atoms with Crippen LogP contribution in [0.15, 0.2) is 29.4 Å². The second kappa shape index (κ2) is 4.32. The zero-order chi connectivity index (χ0) is 9.97. The molecule has 0 radical (unpaired) electrons. The molecule has 0 saturated heterocycles. The number of nitrogens with zero attached hydrogens (tertiary/aromatic N) is 1. The van der Waals surface area contributed by atoms with Crippen molar-refractivity contribution in [2.45, 2.75) is 12.5 Å². The average Bonchev–Trinajstić information content (AvgIpc) is 2.66. The molecule has 0 aromatic heterocycles. The van der Waals surface area contributed by atoms with Crippen molar-refractivity contribution in [2.24, 2.45) is 5.16 Å². The number of hydrogen-bond acceptors (Lipinski definition) is 2. The summed E-state index contributed by atoms with van der Waals surface area (Å²) in [6, 6.07) is 7.66. The van der Waals surface area contributed by atoms with Crippen LogP contribution in [0, 0.1) is 0 Å². The quantitative estimate of drug-likeness (QED) is 0.759. The van der Waals surface area contributed by atoms with E-state index < -0.39 is 0 Å². The Morgan fingerprint density at radius 3 is 3.07 bits per heavy atom. The van der Waals surface area contributed by atoms with Crippen LogP contribution in [0.5, 0.6) is 0 Å². The highest BCUT2D eigenvalue weighted by Gasteiger charge is 2.20. The van der Waals surface area contributed by atoms with Crippen LogP contribution in [0.3, 0.4) is 0 Å². The van der Waals surface area contributed by atoms with Gasteiger partial charge in [0.2, 0.25) is 0 Å².